The van der Waals surface area contributed by atoms with Crippen molar-refractivity contribution in [2.24, 2.45) is 5.41 Å². The average molecular weight is 416 g/mol. The van der Waals surface area contributed by atoms with E-state index in [1.807, 2.05) is 20.8 Å². The fourth-order valence-corrected chi connectivity index (χ4v) is 4.67. The maximum absolute atomic E-state index is 13.0. The molecule has 0 amide bonds. The molecule has 0 aliphatic carbocycles. The van der Waals surface area contributed by atoms with E-state index in [4.69, 9.17) is 4.74 Å². The van der Waals surface area contributed by atoms with Crippen molar-refractivity contribution < 1.29 is 23.1 Å². The van der Waals surface area contributed by atoms with Gasteiger partial charge in [0.15, 0.2) is 0 Å². The first-order valence-corrected chi connectivity index (χ1v) is 10.6. The molecule has 1 aliphatic rings. The lowest BCUT2D eigenvalue weighted by Gasteiger charge is -2.20. The Balaban J connectivity index is 1.95. The van der Waals surface area contributed by atoms with E-state index in [1.54, 1.807) is 24.3 Å². The van der Waals surface area contributed by atoms with Gasteiger partial charge < -0.3 is 9.84 Å². The van der Waals surface area contributed by atoms with E-state index in [1.165, 1.54) is 29.7 Å². The Morgan fingerprint density at radius 2 is 1.90 bits per heavy atom. The summed E-state index contributed by atoms with van der Waals surface area (Å²) < 4.78 is 32.4. The van der Waals surface area contributed by atoms with Crippen LogP contribution < -0.4 is 9.04 Å². The average Bonchev–Trinajstić information content (AvgIpc) is 3.09. The molecule has 1 aliphatic heterocycles. The highest BCUT2D eigenvalue weighted by Crippen LogP contribution is 2.33. The van der Waals surface area contributed by atoms with Gasteiger partial charge in [-0.1, -0.05) is 20.8 Å². The van der Waals surface area contributed by atoms with Crippen LogP contribution in [0.4, 0.5) is 5.82 Å². The van der Waals surface area contributed by atoms with Crippen molar-refractivity contribution in [3.63, 3.8) is 0 Å². The molecule has 0 bridgehead atoms. The standard InChI is InChI=1S/C21H24N2O5S/c1-21(2,3)18(20(24)25)12-14-11-15-9-10-23(19(15)22-13-14)29(26,27)17-7-5-16(28-4)6-8-17/h5-8,11-13H,9-10H2,1-4H3,(H,24,25)/b18-12-. The van der Waals surface area contributed by atoms with Crippen LogP contribution in [0.5, 0.6) is 5.75 Å². The zero-order chi connectivity index (χ0) is 21.4. The van der Waals surface area contributed by atoms with Crippen LogP contribution in [0.25, 0.3) is 6.08 Å². The van der Waals surface area contributed by atoms with Gasteiger partial charge in [0, 0.05) is 18.3 Å². The molecule has 1 aromatic carbocycles. The molecule has 154 valence electrons. The highest BCUT2D eigenvalue weighted by atomic mass is 32.2. The predicted molar refractivity (Wildman–Crippen MR) is 111 cm³/mol. The maximum atomic E-state index is 13.0. The summed E-state index contributed by atoms with van der Waals surface area (Å²) in [7, 11) is -2.22. The Kier molecular flexibility index (Phi) is 5.40. The fourth-order valence-electron chi connectivity index (χ4n) is 3.21. The number of hydrogen-bond acceptors (Lipinski definition) is 5. The minimum atomic E-state index is -3.74. The summed E-state index contributed by atoms with van der Waals surface area (Å²) in [4.78, 5) is 16.1. The number of ether oxygens (including phenoxy) is 1. The molecule has 0 saturated carbocycles. The Labute approximate surface area is 170 Å². The lowest BCUT2D eigenvalue weighted by Crippen LogP contribution is -2.29. The Morgan fingerprint density at radius 1 is 1.24 bits per heavy atom. The number of carbonyl (C=O) groups is 1. The number of methoxy groups -OCH3 is 1. The zero-order valence-corrected chi connectivity index (χ0v) is 17.7. The minimum absolute atomic E-state index is 0.165. The predicted octanol–water partition coefficient (Wildman–Crippen LogP) is 3.36. The van der Waals surface area contributed by atoms with Crippen molar-refractivity contribution in [3.05, 3.63) is 53.2 Å². The number of rotatable bonds is 5. The lowest BCUT2D eigenvalue weighted by atomic mass is 9.85. The van der Waals surface area contributed by atoms with Crippen LogP contribution in [0.3, 0.4) is 0 Å². The molecule has 0 atom stereocenters. The number of carboxylic acid groups (broad SMARTS) is 1. The number of aliphatic carboxylic acids is 1. The van der Waals surface area contributed by atoms with Crippen molar-refractivity contribution in [1.29, 1.82) is 0 Å². The van der Waals surface area contributed by atoms with E-state index < -0.39 is 21.4 Å². The molecule has 0 unspecified atom stereocenters. The molecule has 29 heavy (non-hydrogen) atoms. The summed E-state index contributed by atoms with van der Waals surface area (Å²) >= 11 is 0. The molecular formula is C21H24N2O5S. The monoisotopic (exact) mass is 416 g/mol. The minimum Gasteiger partial charge on any atom is -0.497 e. The Hall–Kier alpha value is -2.87. The number of pyridine rings is 1. The summed E-state index contributed by atoms with van der Waals surface area (Å²) in [6, 6.07) is 8.02. The summed E-state index contributed by atoms with van der Waals surface area (Å²) in [6.07, 6.45) is 3.61. The van der Waals surface area contributed by atoms with Crippen LogP contribution in [0, 0.1) is 5.41 Å². The third kappa shape index (κ3) is 4.12. The van der Waals surface area contributed by atoms with Crippen LogP contribution in [0.15, 0.2) is 47.0 Å². The number of anilines is 1. The van der Waals surface area contributed by atoms with Crippen molar-refractivity contribution >= 4 is 27.9 Å². The molecule has 1 N–H and O–H groups in total. The van der Waals surface area contributed by atoms with Crippen molar-refractivity contribution in [3.8, 4) is 5.75 Å². The van der Waals surface area contributed by atoms with Gasteiger partial charge in [-0.2, -0.15) is 0 Å². The van der Waals surface area contributed by atoms with Crippen molar-refractivity contribution in [1.82, 2.24) is 4.98 Å². The van der Waals surface area contributed by atoms with Crippen molar-refractivity contribution in [2.75, 3.05) is 18.0 Å². The van der Waals surface area contributed by atoms with E-state index in [9.17, 15) is 18.3 Å². The van der Waals surface area contributed by atoms with Gasteiger partial charge in [0.05, 0.1) is 12.0 Å². The third-order valence-corrected chi connectivity index (χ3v) is 6.59. The highest BCUT2D eigenvalue weighted by molar-refractivity contribution is 7.92. The first-order valence-electron chi connectivity index (χ1n) is 9.15. The number of nitrogens with zero attached hydrogens (tertiary/aromatic N) is 2. The van der Waals surface area contributed by atoms with Crippen LogP contribution in [-0.2, 0) is 21.2 Å². The zero-order valence-electron chi connectivity index (χ0n) is 16.8. The van der Waals surface area contributed by atoms with Gasteiger partial charge in [0.25, 0.3) is 10.0 Å². The van der Waals surface area contributed by atoms with Crippen LogP contribution in [0.1, 0.15) is 31.9 Å². The summed E-state index contributed by atoms with van der Waals surface area (Å²) in [5.74, 6) is -0.0271. The molecule has 0 fully saturated rings. The Morgan fingerprint density at radius 3 is 2.45 bits per heavy atom. The molecule has 1 aromatic heterocycles. The van der Waals surface area contributed by atoms with Gasteiger partial charge in [-0.05, 0) is 59.4 Å². The van der Waals surface area contributed by atoms with Crippen LogP contribution >= 0.6 is 0 Å². The third-order valence-electron chi connectivity index (χ3n) is 4.78. The van der Waals surface area contributed by atoms with Crippen LogP contribution in [0.2, 0.25) is 0 Å². The molecule has 8 heteroatoms. The number of sulfonamides is 1. The molecular weight excluding hydrogens is 392 g/mol. The lowest BCUT2D eigenvalue weighted by molar-refractivity contribution is -0.133. The summed E-state index contributed by atoms with van der Waals surface area (Å²) in [5.41, 5.74) is 1.14. The summed E-state index contributed by atoms with van der Waals surface area (Å²) in [5, 5.41) is 9.49. The van der Waals surface area contributed by atoms with E-state index in [-0.39, 0.29) is 17.0 Å². The van der Waals surface area contributed by atoms with E-state index in [0.717, 1.165) is 5.56 Å². The second kappa shape index (κ2) is 7.51. The van der Waals surface area contributed by atoms with E-state index in [0.29, 0.717) is 23.6 Å². The Bertz CT molecular complexity index is 1070. The van der Waals surface area contributed by atoms with Gasteiger partial charge in [0.2, 0.25) is 0 Å². The molecule has 2 heterocycles. The summed E-state index contributed by atoms with van der Waals surface area (Å²) in [6.45, 7) is 5.78. The van der Waals surface area contributed by atoms with Crippen LogP contribution in [-0.4, -0.2) is 38.1 Å². The molecule has 0 radical (unpaired) electrons. The first kappa shape index (κ1) is 20.9. The number of benzene rings is 1. The second-order valence-electron chi connectivity index (χ2n) is 7.87. The van der Waals surface area contributed by atoms with Gasteiger partial charge >= 0.3 is 5.97 Å². The fraction of sp³-hybridized carbons (Fsp3) is 0.333. The topological polar surface area (TPSA) is 96.8 Å². The van der Waals surface area contributed by atoms with Gasteiger partial charge in [-0.15, -0.1) is 0 Å². The van der Waals surface area contributed by atoms with Gasteiger partial charge in [-0.25, -0.2) is 22.5 Å². The highest BCUT2D eigenvalue weighted by Gasteiger charge is 2.32. The maximum Gasteiger partial charge on any atom is 0.332 e. The molecule has 3 rings (SSSR count). The van der Waals surface area contributed by atoms with Gasteiger partial charge in [-0.3, -0.25) is 0 Å². The quantitative estimate of drug-likeness (QED) is 0.751. The number of fused-ring (bicyclic) bond motifs is 1. The second-order valence-corrected chi connectivity index (χ2v) is 9.73. The number of aromatic nitrogens is 1. The normalized spacial score (nSPS) is 14.6. The van der Waals surface area contributed by atoms with Crippen molar-refractivity contribution in [2.45, 2.75) is 32.1 Å². The van der Waals surface area contributed by atoms with E-state index >= 15 is 0 Å². The largest absolute Gasteiger partial charge is 0.497 e. The molecule has 0 saturated heterocycles. The molecule has 0 spiro atoms. The van der Waals surface area contributed by atoms with Gasteiger partial charge in [0.1, 0.15) is 11.6 Å². The first-order chi connectivity index (χ1) is 13.5. The SMILES string of the molecule is COc1ccc(S(=O)(=O)N2CCc3cc(/C=C(/C(=O)O)C(C)(C)C)cnc32)cc1. The number of hydrogen-bond donors (Lipinski definition) is 1. The number of carboxylic acids is 1. The molecule has 7 nitrogen and oxygen atoms in total. The molecule has 2 aromatic rings. The van der Waals surface area contributed by atoms with E-state index in [2.05, 4.69) is 4.98 Å². The smallest absolute Gasteiger partial charge is 0.332 e.